The first-order chi connectivity index (χ1) is 16.9. The predicted octanol–water partition coefficient (Wildman–Crippen LogP) is 3.81. The first kappa shape index (κ1) is 22.9. The van der Waals surface area contributed by atoms with Gasteiger partial charge < -0.3 is 34.5 Å². The van der Waals surface area contributed by atoms with Crippen LogP contribution < -0.4 is 10.1 Å². The van der Waals surface area contributed by atoms with E-state index < -0.39 is 0 Å². The molecule has 0 radical (unpaired) electrons. The number of amides is 2. The number of aryl methyl sites for hydroxylation is 1. The van der Waals surface area contributed by atoms with Crippen molar-refractivity contribution in [1.29, 1.82) is 5.41 Å². The summed E-state index contributed by atoms with van der Waals surface area (Å²) in [4.78, 5) is 30.3. The van der Waals surface area contributed by atoms with Crippen molar-refractivity contribution in [2.45, 2.75) is 32.3 Å². The van der Waals surface area contributed by atoms with Crippen molar-refractivity contribution in [2.24, 2.45) is 0 Å². The van der Waals surface area contributed by atoms with Crippen LogP contribution in [0.5, 0.6) is 5.75 Å². The molecule has 2 aromatic heterocycles. The highest BCUT2D eigenvalue weighted by Crippen LogP contribution is 2.36. The molecule has 3 aromatic rings. The Balaban J connectivity index is 1.38. The molecule has 5 rings (SSSR count). The molecule has 2 amide bonds. The summed E-state index contributed by atoms with van der Waals surface area (Å²) < 4.78 is 17.7. The molecule has 4 heterocycles. The number of H-pyrrole nitrogens is 1. The molecular formula is C26H28N4O5. The van der Waals surface area contributed by atoms with Crippen LogP contribution in [0.25, 0.3) is 16.7 Å². The van der Waals surface area contributed by atoms with Gasteiger partial charge in [0.1, 0.15) is 22.7 Å². The lowest BCUT2D eigenvalue weighted by Crippen LogP contribution is -2.63. The van der Waals surface area contributed by atoms with Gasteiger partial charge in [-0.2, -0.15) is 0 Å². The van der Waals surface area contributed by atoms with Gasteiger partial charge in [-0.25, -0.2) is 0 Å². The minimum absolute atomic E-state index is 0.0467. The Kier molecular flexibility index (Phi) is 5.72. The normalized spacial score (nSPS) is 17.0. The van der Waals surface area contributed by atoms with E-state index in [4.69, 9.17) is 19.3 Å². The second-order valence-corrected chi connectivity index (χ2v) is 9.07. The Hall–Kier alpha value is -3.85. The first-order valence-corrected chi connectivity index (χ1v) is 11.6. The van der Waals surface area contributed by atoms with Crippen molar-refractivity contribution in [2.75, 3.05) is 26.7 Å². The summed E-state index contributed by atoms with van der Waals surface area (Å²) in [6.07, 6.45) is 6.38. The van der Waals surface area contributed by atoms with Crippen LogP contribution in [-0.4, -0.2) is 60.3 Å². The maximum absolute atomic E-state index is 13.1. The third-order valence-corrected chi connectivity index (χ3v) is 6.80. The molecule has 3 N–H and O–H groups in total. The molecule has 0 aliphatic carbocycles. The molecule has 2 aliphatic rings. The smallest absolute Gasteiger partial charge is 0.255 e. The third-order valence-electron chi connectivity index (χ3n) is 6.80. The number of allylic oxidation sites excluding steroid dienone is 1. The molecule has 1 aromatic carbocycles. The second-order valence-electron chi connectivity index (χ2n) is 9.07. The fraction of sp³-hybridized carbons (Fsp3) is 0.346. The largest absolute Gasteiger partial charge is 0.460 e. The fourth-order valence-electron chi connectivity index (χ4n) is 4.98. The number of carbonyl (C=O) groups excluding carboxylic acids is 2. The third kappa shape index (κ3) is 3.91. The van der Waals surface area contributed by atoms with Gasteiger partial charge in [-0.05, 0) is 44.4 Å². The van der Waals surface area contributed by atoms with E-state index in [0.29, 0.717) is 58.1 Å². The van der Waals surface area contributed by atoms with Crippen molar-refractivity contribution in [3.63, 3.8) is 0 Å². The number of hydrogen-bond acceptors (Lipinski definition) is 6. The number of furan rings is 1. The molecule has 9 nitrogen and oxygen atoms in total. The summed E-state index contributed by atoms with van der Waals surface area (Å²) in [5.74, 6) is 1.13. The monoisotopic (exact) mass is 476 g/mol. The van der Waals surface area contributed by atoms with Gasteiger partial charge in [-0.1, -0.05) is 0 Å². The summed E-state index contributed by atoms with van der Waals surface area (Å²) in [7, 11) is 1.58. The van der Waals surface area contributed by atoms with Crippen LogP contribution in [0.4, 0.5) is 0 Å². The standard InChI is InChI=1S/C26H28N4O5/c1-15-19(25(32)30-13-26(14-30)8-4-10-33-26)12-29-23(15)20(7-9-27)35-17-5-6-18-21(11-17)34-16(2)22(18)24(31)28-3/h5-7,9,11-12,27,29H,4,8,10,13-14H2,1-3H3,(H,28,31)/b20-7+,27-9?. The van der Waals surface area contributed by atoms with Gasteiger partial charge in [0.2, 0.25) is 0 Å². The summed E-state index contributed by atoms with van der Waals surface area (Å²) in [6.45, 7) is 5.60. The molecular weight excluding hydrogens is 448 g/mol. The maximum atomic E-state index is 13.1. The number of aromatic nitrogens is 1. The van der Waals surface area contributed by atoms with Crippen molar-refractivity contribution in [3.8, 4) is 5.75 Å². The quantitative estimate of drug-likeness (QED) is 0.369. The maximum Gasteiger partial charge on any atom is 0.255 e. The first-order valence-electron chi connectivity index (χ1n) is 11.6. The number of nitrogens with one attached hydrogen (secondary N) is 3. The summed E-state index contributed by atoms with van der Waals surface area (Å²) >= 11 is 0. The van der Waals surface area contributed by atoms with Crippen LogP contribution in [0.1, 0.15) is 50.6 Å². The van der Waals surface area contributed by atoms with E-state index in [-0.39, 0.29) is 17.4 Å². The molecule has 35 heavy (non-hydrogen) atoms. The number of fused-ring (bicyclic) bond motifs is 1. The lowest BCUT2D eigenvalue weighted by Gasteiger charge is -2.47. The molecule has 2 aliphatic heterocycles. The van der Waals surface area contributed by atoms with Gasteiger partial charge in [0.05, 0.1) is 29.9 Å². The van der Waals surface area contributed by atoms with Gasteiger partial charge >= 0.3 is 0 Å². The zero-order chi connectivity index (χ0) is 24.7. The van der Waals surface area contributed by atoms with Crippen LogP contribution in [-0.2, 0) is 4.74 Å². The lowest BCUT2D eigenvalue weighted by atomic mass is 9.90. The average Bonchev–Trinajstić information content (AvgIpc) is 3.53. The van der Waals surface area contributed by atoms with E-state index in [1.54, 1.807) is 38.4 Å². The Morgan fingerprint density at radius 3 is 2.77 bits per heavy atom. The van der Waals surface area contributed by atoms with Gasteiger partial charge in [-0.3, -0.25) is 9.59 Å². The van der Waals surface area contributed by atoms with Crippen LogP contribution >= 0.6 is 0 Å². The number of carbonyl (C=O) groups is 2. The van der Waals surface area contributed by atoms with Gasteiger partial charge in [0, 0.05) is 43.6 Å². The van der Waals surface area contributed by atoms with Gasteiger partial charge in [-0.15, -0.1) is 0 Å². The summed E-state index contributed by atoms with van der Waals surface area (Å²) in [6, 6.07) is 5.22. The van der Waals surface area contributed by atoms with Crippen molar-refractivity contribution < 1.29 is 23.5 Å². The molecule has 182 valence electrons. The molecule has 0 bridgehead atoms. The SMILES string of the molecule is CNC(=O)c1c(C)oc2cc(O/C(=C/C=N)c3[nH]cc(C(=O)N4CC5(CCCO5)C4)c3C)ccc12. The highest BCUT2D eigenvalue weighted by atomic mass is 16.5. The highest BCUT2D eigenvalue weighted by molar-refractivity contribution is 6.07. The number of likely N-dealkylation sites (tertiary alicyclic amines) is 1. The molecule has 0 unspecified atom stereocenters. The van der Waals surface area contributed by atoms with Gasteiger partial charge in [0.15, 0.2) is 5.76 Å². The Morgan fingerprint density at radius 1 is 1.29 bits per heavy atom. The zero-order valence-electron chi connectivity index (χ0n) is 20.0. The van der Waals surface area contributed by atoms with Crippen molar-refractivity contribution in [3.05, 3.63) is 58.6 Å². The topological polar surface area (TPSA) is 121 Å². The molecule has 1 spiro atoms. The summed E-state index contributed by atoms with van der Waals surface area (Å²) in [5, 5.41) is 10.9. The Bertz CT molecular complexity index is 1350. The van der Waals surface area contributed by atoms with Crippen LogP contribution in [0.3, 0.4) is 0 Å². The number of nitrogens with zero attached hydrogens (tertiary/aromatic N) is 1. The second kappa shape index (κ2) is 8.74. The van der Waals surface area contributed by atoms with E-state index in [2.05, 4.69) is 10.3 Å². The highest BCUT2D eigenvalue weighted by Gasteiger charge is 2.48. The van der Waals surface area contributed by atoms with Crippen LogP contribution in [0, 0.1) is 19.3 Å². The van der Waals surface area contributed by atoms with Crippen LogP contribution in [0.2, 0.25) is 0 Å². The zero-order valence-corrected chi connectivity index (χ0v) is 20.0. The van der Waals surface area contributed by atoms with E-state index >= 15 is 0 Å². The Morgan fingerprint density at radius 2 is 2.09 bits per heavy atom. The molecule has 0 atom stereocenters. The van der Waals surface area contributed by atoms with E-state index in [9.17, 15) is 9.59 Å². The number of aromatic amines is 1. The molecule has 2 fully saturated rings. The van der Waals surface area contributed by atoms with E-state index in [0.717, 1.165) is 31.2 Å². The Labute approximate surface area is 202 Å². The minimum Gasteiger partial charge on any atom is -0.460 e. The van der Waals surface area contributed by atoms with Gasteiger partial charge in [0.25, 0.3) is 11.8 Å². The lowest BCUT2D eigenvalue weighted by molar-refractivity contribution is -0.0949. The predicted molar refractivity (Wildman–Crippen MR) is 131 cm³/mol. The number of rotatable bonds is 6. The van der Waals surface area contributed by atoms with E-state index in [1.807, 2.05) is 11.8 Å². The molecule has 9 heteroatoms. The fourth-order valence-corrected chi connectivity index (χ4v) is 4.98. The molecule has 0 saturated carbocycles. The van der Waals surface area contributed by atoms with Crippen LogP contribution in [0.15, 0.2) is 34.9 Å². The summed E-state index contributed by atoms with van der Waals surface area (Å²) in [5.41, 5.74) is 2.78. The van der Waals surface area contributed by atoms with E-state index in [1.165, 1.54) is 6.08 Å². The number of benzene rings is 1. The van der Waals surface area contributed by atoms with Crippen molar-refractivity contribution >= 4 is 34.8 Å². The molecule has 2 saturated heterocycles. The minimum atomic E-state index is -0.217. The average molecular weight is 477 g/mol. The van der Waals surface area contributed by atoms with Crippen molar-refractivity contribution in [1.82, 2.24) is 15.2 Å². The number of hydrogen-bond donors (Lipinski definition) is 3. The number of ether oxygens (including phenoxy) is 2.